The lowest BCUT2D eigenvalue weighted by Gasteiger charge is -2.25. The molecule has 0 aliphatic rings. The zero-order valence-corrected chi connectivity index (χ0v) is 17.9. The zero-order valence-electron chi connectivity index (χ0n) is 17.9. The lowest BCUT2D eigenvalue weighted by Crippen LogP contribution is -2.45. The van der Waals surface area contributed by atoms with Gasteiger partial charge in [0.25, 0.3) is 0 Å². The number of carbonyl (C=O) groups is 3. The van der Waals surface area contributed by atoms with Gasteiger partial charge in [-0.05, 0) is 65.7 Å². The van der Waals surface area contributed by atoms with Gasteiger partial charge in [0.1, 0.15) is 23.0 Å². The predicted molar refractivity (Wildman–Crippen MR) is 106 cm³/mol. The fourth-order valence-corrected chi connectivity index (χ4v) is 2.22. The number of amides is 1. The van der Waals surface area contributed by atoms with Gasteiger partial charge in [0, 0.05) is 6.42 Å². The Labute approximate surface area is 171 Å². The van der Waals surface area contributed by atoms with Gasteiger partial charge in [0.2, 0.25) is 0 Å². The molecule has 0 fully saturated rings. The molecule has 1 atom stereocenters. The smallest absolute Gasteiger partial charge is 0.413 e. The van der Waals surface area contributed by atoms with Crippen molar-refractivity contribution in [2.45, 2.75) is 78.2 Å². The van der Waals surface area contributed by atoms with Crippen LogP contribution in [0.5, 0.6) is 5.75 Å². The summed E-state index contributed by atoms with van der Waals surface area (Å²) in [5.41, 5.74) is -0.736. The summed E-state index contributed by atoms with van der Waals surface area (Å²) in [5.74, 6) is -0.913. The summed E-state index contributed by atoms with van der Waals surface area (Å²) < 4.78 is 15.7. The SMILES string of the molecule is CC(C)(C)OC(=O)CC[C@H](NC(=O)Oc1ccc(CO)cc1)C(=O)OC(C)(C)C. The highest BCUT2D eigenvalue weighted by Crippen LogP contribution is 2.15. The van der Waals surface area contributed by atoms with Crippen LogP contribution in [-0.2, 0) is 25.7 Å². The molecule has 1 aromatic carbocycles. The minimum Gasteiger partial charge on any atom is -0.460 e. The van der Waals surface area contributed by atoms with E-state index >= 15 is 0 Å². The van der Waals surface area contributed by atoms with E-state index < -0.39 is 35.3 Å². The van der Waals surface area contributed by atoms with Crippen LogP contribution in [0.15, 0.2) is 24.3 Å². The van der Waals surface area contributed by atoms with Gasteiger partial charge in [-0.3, -0.25) is 4.79 Å². The monoisotopic (exact) mass is 409 g/mol. The molecule has 0 aromatic heterocycles. The molecule has 0 saturated heterocycles. The first-order valence-corrected chi connectivity index (χ1v) is 9.42. The minimum atomic E-state index is -1.08. The number of rotatable bonds is 7. The molecular formula is C21H31NO7. The molecule has 1 aromatic rings. The number of nitrogens with one attached hydrogen (secondary N) is 1. The lowest BCUT2D eigenvalue weighted by molar-refractivity contribution is -0.158. The summed E-state index contributed by atoms with van der Waals surface area (Å²) in [6.07, 6.45) is -0.934. The number of carbonyl (C=O) groups excluding carboxylic acids is 3. The summed E-state index contributed by atoms with van der Waals surface area (Å²) in [5, 5.41) is 11.5. The van der Waals surface area contributed by atoms with Crippen LogP contribution in [0.2, 0.25) is 0 Å². The Morgan fingerprint density at radius 1 is 0.966 bits per heavy atom. The standard InChI is InChI=1S/C21H31NO7/c1-20(2,3)28-17(24)12-11-16(18(25)29-21(4,5)6)22-19(26)27-15-9-7-14(13-23)8-10-15/h7-10,16,23H,11-13H2,1-6H3,(H,22,26)/t16-/m0/s1. The second-order valence-corrected chi connectivity index (χ2v) is 8.55. The van der Waals surface area contributed by atoms with E-state index in [0.29, 0.717) is 5.56 Å². The first kappa shape index (κ1) is 24.4. The van der Waals surface area contributed by atoms with Crippen LogP contribution < -0.4 is 10.1 Å². The molecule has 2 N–H and O–H groups in total. The molecule has 0 spiro atoms. The van der Waals surface area contributed by atoms with Crippen LogP contribution in [0.4, 0.5) is 4.79 Å². The second kappa shape index (κ2) is 10.2. The molecule has 8 nitrogen and oxygen atoms in total. The molecule has 1 rings (SSSR count). The Morgan fingerprint density at radius 2 is 1.52 bits per heavy atom. The number of hydrogen-bond donors (Lipinski definition) is 2. The number of aliphatic hydroxyl groups excluding tert-OH is 1. The number of ether oxygens (including phenoxy) is 3. The maximum absolute atomic E-state index is 12.5. The van der Waals surface area contributed by atoms with E-state index in [-0.39, 0.29) is 25.2 Å². The van der Waals surface area contributed by atoms with Crippen molar-refractivity contribution in [1.29, 1.82) is 0 Å². The van der Waals surface area contributed by atoms with E-state index in [1.54, 1.807) is 53.7 Å². The van der Waals surface area contributed by atoms with Gasteiger partial charge < -0.3 is 24.6 Å². The summed E-state index contributed by atoms with van der Waals surface area (Å²) in [7, 11) is 0. The third-order valence-electron chi connectivity index (χ3n) is 3.36. The molecule has 29 heavy (non-hydrogen) atoms. The van der Waals surface area contributed by atoms with E-state index in [4.69, 9.17) is 19.3 Å². The van der Waals surface area contributed by atoms with Crippen molar-refractivity contribution in [3.05, 3.63) is 29.8 Å². The molecule has 0 radical (unpaired) electrons. The largest absolute Gasteiger partial charge is 0.460 e. The summed E-state index contributed by atoms with van der Waals surface area (Å²) in [6.45, 7) is 10.2. The number of esters is 2. The number of hydrogen-bond acceptors (Lipinski definition) is 7. The van der Waals surface area contributed by atoms with Crippen molar-refractivity contribution in [1.82, 2.24) is 5.32 Å². The third kappa shape index (κ3) is 10.5. The minimum absolute atomic E-state index is 0.00236. The molecule has 0 aliphatic heterocycles. The van der Waals surface area contributed by atoms with E-state index in [9.17, 15) is 14.4 Å². The van der Waals surface area contributed by atoms with Crippen LogP contribution in [0.25, 0.3) is 0 Å². The van der Waals surface area contributed by atoms with Gasteiger partial charge in [-0.1, -0.05) is 12.1 Å². The van der Waals surface area contributed by atoms with Gasteiger partial charge >= 0.3 is 18.0 Å². The third-order valence-corrected chi connectivity index (χ3v) is 3.36. The fourth-order valence-electron chi connectivity index (χ4n) is 2.22. The molecule has 162 valence electrons. The Bertz CT molecular complexity index is 699. The Balaban J connectivity index is 2.76. The summed E-state index contributed by atoms with van der Waals surface area (Å²) >= 11 is 0. The van der Waals surface area contributed by atoms with Gasteiger partial charge in [-0.25, -0.2) is 9.59 Å². The van der Waals surface area contributed by atoms with Crippen molar-refractivity contribution in [3.8, 4) is 5.75 Å². The highest BCUT2D eigenvalue weighted by molar-refractivity contribution is 5.83. The normalized spacial score (nSPS) is 12.7. The van der Waals surface area contributed by atoms with E-state index in [1.165, 1.54) is 12.1 Å². The van der Waals surface area contributed by atoms with Crippen LogP contribution >= 0.6 is 0 Å². The second-order valence-electron chi connectivity index (χ2n) is 8.55. The molecule has 8 heteroatoms. The van der Waals surface area contributed by atoms with Crippen molar-refractivity contribution >= 4 is 18.0 Å². The van der Waals surface area contributed by atoms with Crippen LogP contribution in [0.3, 0.4) is 0 Å². The molecule has 0 aliphatic carbocycles. The zero-order chi connectivity index (χ0) is 22.2. The number of aliphatic hydroxyl groups is 1. The number of benzene rings is 1. The van der Waals surface area contributed by atoms with Crippen molar-refractivity contribution in [2.75, 3.05) is 0 Å². The maximum Gasteiger partial charge on any atom is 0.413 e. The first-order chi connectivity index (χ1) is 13.3. The summed E-state index contributed by atoms with van der Waals surface area (Å²) in [4.78, 5) is 36.6. The lowest BCUT2D eigenvalue weighted by atomic mass is 10.1. The molecule has 0 unspecified atom stereocenters. The van der Waals surface area contributed by atoms with Gasteiger partial charge in [-0.15, -0.1) is 0 Å². The van der Waals surface area contributed by atoms with Crippen LogP contribution in [-0.4, -0.2) is 40.4 Å². The average Bonchev–Trinajstić information content (AvgIpc) is 2.56. The quantitative estimate of drug-likeness (QED) is 0.666. The van der Waals surface area contributed by atoms with Gasteiger partial charge in [-0.2, -0.15) is 0 Å². The molecule has 0 bridgehead atoms. The molecular weight excluding hydrogens is 378 g/mol. The van der Waals surface area contributed by atoms with Crippen LogP contribution in [0, 0.1) is 0 Å². The Morgan fingerprint density at radius 3 is 2.00 bits per heavy atom. The molecule has 0 saturated carbocycles. The highest BCUT2D eigenvalue weighted by atomic mass is 16.6. The van der Waals surface area contributed by atoms with Crippen molar-refractivity contribution in [3.63, 3.8) is 0 Å². The molecule has 1 amide bonds. The topological polar surface area (TPSA) is 111 Å². The fraction of sp³-hybridized carbons (Fsp3) is 0.571. The van der Waals surface area contributed by atoms with E-state index in [2.05, 4.69) is 5.32 Å². The first-order valence-electron chi connectivity index (χ1n) is 9.42. The summed E-state index contributed by atoms with van der Waals surface area (Å²) in [6, 6.07) is 5.18. The van der Waals surface area contributed by atoms with Crippen molar-refractivity contribution in [2.24, 2.45) is 0 Å². The van der Waals surface area contributed by atoms with Crippen LogP contribution in [0.1, 0.15) is 59.9 Å². The Hall–Kier alpha value is -2.61. The Kier molecular flexibility index (Phi) is 8.63. The van der Waals surface area contributed by atoms with E-state index in [0.717, 1.165) is 0 Å². The highest BCUT2D eigenvalue weighted by Gasteiger charge is 2.29. The van der Waals surface area contributed by atoms with Gasteiger partial charge in [0.05, 0.1) is 6.61 Å². The molecule has 0 heterocycles. The van der Waals surface area contributed by atoms with E-state index in [1.807, 2.05) is 0 Å². The van der Waals surface area contributed by atoms with Gasteiger partial charge in [0.15, 0.2) is 0 Å². The van der Waals surface area contributed by atoms with Crippen molar-refractivity contribution < 1.29 is 33.7 Å². The average molecular weight is 409 g/mol. The predicted octanol–water partition coefficient (Wildman–Crippen LogP) is 3.10. The maximum atomic E-state index is 12.5.